The van der Waals surface area contributed by atoms with Gasteiger partial charge in [0.25, 0.3) is 0 Å². The zero-order chi connectivity index (χ0) is 10.6. The molecule has 0 aliphatic carbocycles. The average Bonchev–Trinajstić information content (AvgIpc) is 2.18. The summed E-state index contributed by atoms with van der Waals surface area (Å²) in [5.74, 6) is 1.47. The van der Waals surface area contributed by atoms with Gasteiger partial charge in [0, 0.05) is 5.56 Å². The van der Waals surface area contributed by atoms with E-state index in [1.54, 1.807) is 12.1 Å². The van der Waals surface area contributed by atoms with Crippen LogP contribution in [0.15, 0.2) is 24.3 Å². The predicted molar refractivity (Wildman–Crippen MR) is 53.7 cm³/mol. The molecular formula is C11H11NO2. The van der Waals surface area contributed by atoms with Gasteiger partial charge in [-0.3, -0.25) is 4.79 Å². The summed E-state index contributed by atoms with van der Waals surface area (Å²) in [6.07, 6.45) is 5.52. The van der Waals surface area contributed by atoms with Crippen LogP contribution in [-0.2, 0) is 11.2 Å². The minimum absolute atomic E-state index is 0.260. The third-order valence-corrected chi connectivity index (χ3v) is 1.93. The number of carboxylic acids is 1. The van der Waals surface area contributed by atoms with E-state index in [1.165, 1.54) is 0 Å². The number of terminal acetylenes is 1. The number of aliphatic carboxylic acids is 1. The number of nitrogens with two attached hydrogens (primary N) is 1. The maximum atomic E-state index is 10.5. The Morgan fingerprint density at radius 1 is 1.57 bits per heavy atom. The van der Waals surface area contributed by atoms with Gasteiger partial charge in [-0.1, -0.05) is 24.1 Å². The van der Waals surface area contributed by atoms with E-state index in [0.717, 1.165) is 5.56 Å². The first kappa shape index (κ1) is 10.3. The van der Waals surface area contributed by atoms with Crippen molar-refractivity contribution in [2.75, 3.05) is 0 Å². The van der Waals surface area contributed by atoms with Gasteiger partial charge in [0.1, 0.15) is 6.04 Å². The second kappa shape index (κ2) is 4.45. The summed E-state index contributed by atoms with van der Waals surface area (Å²) in [6, 6.07) is 6.28. The Hall–Kier alpha value is -1.79. The second-order valence-electron chi connectivity index (χ2n) is 2.95. The predicted octanol–water partition coefficient (Wildman–Crippen LogP) is 0.622. The van der Waals surface area contributed by atoms with Crippen LogP contribution in [0, 0.1) is 12.3 Å². The first-order valence-electron chi connectivity index (χ1n) is 4.18. The highest BCUT2D eigenvalue weighted by atomic mass is 16.4. The number of hydrogen-bond acceptors (Lipinski definition) is 2. The molecule has 0 heterocycles. The molecule has 3 N–H and O–H groups in total. The van der Waals surface area contributed by atoms with Gasteiger partial charge < -0.3 is 10.8 Å². The van der Waals surface area contributed by atoms with E-state index >= 15 is 0 Å². The van der Waals surface area contributed by atoms with Gasteiger partial charge in [0.15, 0.2) is 0 Å². The molecule has 1 atom stereocenters. The lowest BCUT2D eigenvalue weighted by molar-refractivity contribution is -0.138. The molecule has 14 heavy (non-hydrogen) atoms. The zero-order valence-corrected chi connectivity index (χ0v) is 7.60. The van der Waals surface area contributed by atoms with Crippen molar-refractivity contribution in [3.8, 4) is 12.3 Å². The molecule has 1 aromatic rings. The van der Waals surface area contributed by atoms with Crippen LogP contribution >= 0.6 is 0 Å². The molecule has 0 spiro atoms. The zero-order valence-electron chi connectivity index (χ0n) is 7.60. The summed E-state index contributed by atoms with van der Waals surface area (Å²) in [4.78, 5) is 10.5. The highest BCUT2D eigenvalue weighted by Gasteiger charge is 2.13. The van der Waals surface area contributed by atoms with Crippen LogP contribution in [0.25, 0.3) is 0 Å². The van der Waals surface area contributed by atoms with Crippen LogP contribution in [0.5, 0.6) is 0 Å². The lowest BCUT2D eigenvalue weighted by atomic mass is 10.0. The number of hydrogen-bond donors (Lipinski definition) is 2. The van der Waals surface area contributed by atoms with Gasteiger partial charge in [0.05, 0.1) is 0 Å². The molecule has 0 bridgehead atoms. The Morgan fingerprint density at radius 2 is 2.21 bits per heavy atom. The molecule has 0 aromatic heterocycles. The Morgan fingerprint density at radius 3 is 2.79 bits per heavy atom. The first-order valence-corrected chi connectivity index (χ1v) is 4.18. The molecule has 72 valence electrons. The molecular weight excluding hydrogens is 178 g/mol. The molecule has 0 amide bonds. The number of rotatable bonds is 3. The lowest BCUT2D eigenvalue weighted by Crippen LogP contribution is -2.32. The van der Waals surface area contributed by atoms with Crippen LogP contribution in [-0.4, -0.2) is 17.1 Å². The largest absolute Gasteiger partial charge is 0.480 e. The van der Waals surface area contributed by atoms with Crippen molar-refractivity contribution in [2.45, 2.75) is 12.5 Å². The van der Waals surface area contributed by atoms with E-state index in [-0.39, 0.29) is 6.42 Å². The molecule has 0 aliphatic heterocycles. The normalized spacial score (nSPS) is 11.7. The topological polar surface area (TPSA) is 63.3 Å². The molecule has 0 fully saturated rings. The summed E-state index contributed by atoms with van der Waals surface area (Å²) in [6.45, 7) is 0. The second-order valence-corrected chi connectivity index (χ2v) is 2.95. The third kappa shape index (κ3) is 2.35. The van der Waals surface area contributed by atoms with Gasteiger partial charge in [-0.15, -0.1) is 6.42 Å². The Bertz CT molecular complexity index is 379. The van der Waals surface area contributed by atoms with E-state index in [4.69, 9.17) is 17.3 Å². The fourth-order valence-electron chi connectivity index (χ4n) is 1.16. The van der Waals surface area contributed by atoms with E-state index < -0.39 is 12.0 Å². The highest BCUT2D eigenvalue weighted by Crippen LogP contribution is 2.09. The van der Waals surface area contributed by atoms with Gasteiger partial charge in [-0.25, -0.2) is 0 Å². The first-order chi connectivity index (χ1) is 6.65. The number of carboxylic acid groups (broad SMARTS) is 1. The van der Waals surface area contributed by atoms with Crippen LogP contribution in [0.1, 0.15) is 11.1 Å². The Kier molecular flexibility index (Phi) is 3.27. The monoisotopic (exact) mass is 189 g/mol. The standard InChI is InChI=1S/C11H11NO2/c1-2-8-5-3-4-6-9(8)7-10(12)11(13)14/h1,3-6,10H,7,12H2,(H,13,14)/t10-/m0/s1. The minimum Gasteiger partial charge on any atom is -0.480 e. The van der Waals surface area contributed by atoms with Crippen molar-refractivity contribution in [1.29, 1.82) is 0 Å². The summed E-state index contributed by atoms with van der Waals surface area (Å²) < 4.78 is 0. The van der Waals surface area contributed by atoms with E-state index in [2.05, 4.69) is 5.92 Å². The average molecular weight is 189 g/mol. The van der Waals surface area contributed by atoms with E-state index in [9.17, 15) is 4.79 Å². The number of carbonyl (C=O) groups is 1. The molecule has 0 aliphatic rings. The van der Waals surface area contributed by atoms with Crippen molar-refractivity contribution < 1.29 is 9.90 Å². The van der Waals surface area contributed by atoms with E-state index in [0.29, 0.717) is 5.56 Å². The number of benzene rings is 1. The minimum atomic E-state index is -1.02. The lowest BCUT2D eigenvalue weighted by Gasteiger charge is -2.07. The van der Waals surface area contributed by atoms with Gasteiger partial charge >= 0.3 is 5.97 Å². The summed E-state index contributed by atoms with van der Waals surface area (Å²) in [7, 11) is 0. The quantitative estimate of drug-likeness (QED) is 0.685. The van der Waals surface area contributed by atoms with Crippen molar-refractivity contribution >= 4 is 5.97 Å². The fraction of sp³-hybridized carbons (Fsp3) is 0.182. The molecule has 3 heteroatoms. The van der Waals surface area contributed by atoms with Gasteiger partial charge in [0.2, 0.25) is 0 Å². The fourth-order valence-corrected chi connectivity index (χ4v) is 1.16. The molecule has 0 saturated carbocycles. The van der Waals surface area contributed by atoms with Crippen LogP contribution in [0.3, 0.4) is 0 Å². The Balaban J connectivity index is 2.87. The van der Waals surface area contributed by atoms with Gasteiger partial charge in [-0.2, -0.15) is 0 Å². The molecule has 1 aromatic carbocycles. The van der Waals surface area contributed by atoms with E-state index in [1.807, 2.05) is 12.1 Å². The summed E-state index contributed by atoms with van der Waals surface area (Å²) >= 11 is 0. The SMILES string of the molecule is C#Cc1ccccc1C[C@H](N)C(=O)O. The molecule has 0 saturated heterocycles. The smallest absolute Gasteiger partial charge is 0.320 e. The van der Waals surface area contributed by atoms with Crippen molar-refractivity contribution in [1.82, 2.24) is 0 Å². The summed E-state index contributed by atoms with van der Waals surface area (Å²) in [5, 5.41) is 8.63. The molecule has 1 rings (SSSR count). The maximum Gasteiger partial charge on any atom is 0.320 e. The van der Waals surface area contributed by atoms with Crippen LogP contribution in [0.4, 0.5) is 0 Å². The van der Waals surface area contributed by atoms with Crippen LogP contribution < -0.4 is 5.73 Å². The summed E-state index contributed by atoms with van der Waals surface area (Å²) in [5.41, 5.74) is 6.90. The highest BCUT2D eigenvalue weighted by molar-refractivity contribution is 5.73. The molecule has 3 nitrogen and oxygen atoms in total. The molecule has 0 radical (unpaired) electrons. The van der Waals surface area contributed by atoms with Gasteiger partial charge in [-0.05, 0) is 18.1 Å². The van der Waals surface area contributed by atoms with Crippen molar-refractivity contribution in [2.24, 2.45) is 5.73 Å². The molecule has 0 unspecified atom stereocenters. The van der Waals surface area contributed by atoms with Crippen molar-refractivity contribution in [3.63, 3.8) is 0 Å². The van der Waals surface area contributed by atoms with Crippen molar-refractivity contribution in [3.05, 3.63) is 35.4 Å². The Labute approximate surface area is 82.6 Å². The maximum absolute atomic E-state index is 10.5. The third-order valence-electron chi connectivity index (χ3n) is 1.93. The van der Waals surface area contributed by atoms with Crippen LogP contribution in [0.2, 0.25) is 0 Å².